The molecule has 0 aromatic carbocycles. The first-order valence-electron chi connectivity index (χ1n) is 7.87. The molecule has 0 aliphatic heterocycles. The Morgan fingerprint density at radius 3 is 2.38 bits per heavy atom. The van der Waals surface area contributed by atoms with Gasteiger partial charge in [0.15, 0.2) is 0 Å². The van der Waals surface area contributed by atoms with Crippen LogP contribution >= 0.6 is 0 Å². The monoisotopic (exact) mass is 292 g/mol. The number of carbonyl (C=O) groups is 2. The molecule has 4 rings (SSSR count). The van der Waals surface area contributed by atoms with E-state index in [9.17, 15) is 9.59 Å². The minimum Gasteiger partial charge on any atom is -0.478 e. The van der Waals surface area contributed by atoms with E-state index in [1.54, 1.807) is 6.92 Å². The van der Waals surface area contributed by atoms with E-state index < -0.39 is 5.97 Å². The van der Waals surface area contributed by atoms with E-state index in [2.05, 4.69) is 0 Å². The van der Waals surface area contributed by atoms with Crippen LogP contribution in [0.5, 0.6) is 0 Å². The highest BCUT2D eigenvalue weighted by molar-refractivity contribution is 5.85. The summed E-state index contributed by atoms with van der Waals surface area (Å²) < 4.78 is 5.10. The van der Waals surface area contributed by atoms with Crippen molar-refractivity contribution in [2.75, 3.05) is 7.11 Å². The van der Waals surface area contributed by atoms with Gasteiger partial charge in [-0.3, -0.25) is 4.79 Å². The van der Waals surface area contributed by atoms with Crippen molar-refractivity contribution in [1.82, 2.24) is 0 Å². The lowest BCUT2D eigenvalue weighted by Crippen LogP contribution is -2.55. The van der Waals surface area contributed by atoms with E-state index in [4.69, 9.17) is 9.84 Å². The van der Waals surface area contributed by atoms with Crippen LogP contribution in [0.2, 0.25) is 0 Å². The largest absolute Gasteiger partial charge is 0.478 e. The normalized spacial score (nSPS) is 41.1. The third kappa shape index (κ3) is 2.39. The molecule has 4 bridgehead atoms. The van der Waals surface area contributed by atoms with Crippen LogP contribution in [0.3, 0.4) is 0 Å². The summed E-state index contributed by atoms with van der Waals surface area (Å²) in [6.07, 6.45) is 9.00. The Labute approximate surface area is 125 Å². The van der Waals surface area contributed by atoms with E-state index in [-0.39, 0.29) is 16.8 Å². The summed E-state index contributed by atoms with van der Waals surface area (Å²) in [5, 5.41) is 9.03. The number of carboxylic acid groups (broad SMARTS) is 1. The van der Waals surface area contributed by atoms with Gasteiger partial charge in [0.2, 0.25) is 0 Å². The highest BCUT2D eigenvalue weighted by Gasteiger charge is 2.60. The van der Waals surface area contributed by atoms with Gasteiger partial charge in [-0.05, 0) is 69.1 Å². The van der Waals surface area contributed by atoms with Crippen LogP contribution in [0.25, 0.3) is 0 Å². The van der Waals surface area contributed by atoms with Crippen LogP contribution in [-0.4, -0.2) is 24.2 Å². The van der Waals surface area contributed by atoms with E-state index in [1.807, 2.05) is 6.08 Å². The molecular weight excluding hydrogens is 268 g/mol. The molecule has 0 aromatic heterocycles. The minimum atomic E-state index is -0.845. The number of allylic oxidation sites excluding steroid dienone is 1. The summed E-state index contributed by atoms with van der Waals surface area (Å²) in [6, 6.07) is 0. The number of carbonyl (C=O) groups excluding carboxylic acids is 1. The highest BCUT2D eigenvalue weighted by Crippen LogP contribution is 2.66. The number of carboxylic acids is 1. The lowest BCUT2D eigenvalue weighted by Gasteiger charge is -2.60. The summed E-state index contributed by atoms with van der Waals surface area (Å²) in [7, 11) is 1.49. The zero-order valence-electron chi connectivity index (χ0n) is 12.9. The minimum absolute atomic E-state index is 0.0417. The van der Waals surface area contributed by atoms with Crippen molar-refractivity contribution in [2.45, 2.75) is 51.9 Å². The number of hydrogen-bond acceptors (Lipinski definition) is 3. The number of methoxy groups -OCH3 is 1. The molecule has 1 N–H and O–H groups in total. The molecule has 4 aliphatic carbocycles. The first-order chi connectivity index (χ1) is 9.88. The van der Waals surface area contributed by atoms with Crippen molar-refractivity contribution in [3.05, 3.63) is 11.6 Å². The van der Waals surface area contributed by atoms with Gasteiger partial charge >= 0.3 is 11.9 Å². The van der Waals surface area contributed by atoms with Crippen LogP contribution in [0, 0.1) is 22.7 Å². The van der Waals surface area contributed by atoms with Crippen molar-refractivity contribution in [3.63, 3.8) is 0 Å². The van der Waals surface area contributed by atoms with E-state index in [1.165, 1.54) is 13.5 Å². The fourth-order valence-corrected chi connectivity index (χ4v) is 5.60. The maximum Gasteiger partial charge on any atom is 0.330 e. The van der Waals surface area contributed by atoms with Crippen molar-refractivity contribution < 1.29 is 19.4 Å². The molecule has 4 saturated carbocycles. The Morgan fingerprint density at radius 2 is 1.86 bits per heavy atom. The molecule has 4 aliphatic rings. The van der Waals surface area contributed by atoms with Gasteiger partial charge in [0.25, 0.3) is 0 Å². The third-order valence-corrected chi connectivity index (χ3v) is 5.98. The summed E-state index contributed by atoms with van der Waals surface area (Å²) >= 11 is 0. The zero-order chi connectivity index (χ0) is 15.3. The predicted octanol–water partition coefficient (Wildman–Crippen LogP) is 3.17. The Balaban J connectivity index is 1.85. The summed E-state index contributed by atoms with van der Waals surface area (Å²) in [6.45, 7) is 1.65. The SMILES string of the molecule is COC(=O)C12CC3CC(CC(CC=C(C)C(=O)O)(C3)C1)C2. The van der Waals surface area contributed by atoms with Crippen LogP contribution < -0.4 is 0 Å². The van der Waals surface area contributed by atoms with Gasteiger partial charge in [0.1, 0.15) is 0 Å². The highest BCUT2D eigenvalue weighted by atomic mass is 16.5. The fourth-order valence-electron chi connectivity index (χ4n) is 5.60. The summed E-state index contributed by atoms with van der Waals surface area (Å²) in [5.41, 5.74) is 0.247. The molecule has 4 heteroatoms. The fraction of sp³-hybridized carbons (Fsp3) is 0.765. The molecule has 0 spiro atoms. The Hall–Kier alpha value is -1.32. The molecule has 4 nitrogen and oxygen atoms in total. The van der Waals surface area contributed by atoms with Crippen LogP contribution in [-0.2, 0) is 14.3 Å². The van der Waals surface area contributed by atoms with Crippen LogP contribution in [0.15, 0.2) is 11.6 Å². The third-order valence-electron chi connectivity index (χ3n) is 5.98. The average Bonchev–Trinajstić information content (AvgIpc) is 2.42. The molecule has 21 heavy (non-hydrogen) atoms. The second-order valence-electron chi connectivity index (χ2n) is 7.63. The number of esters is 1. The maximum absolute atomic E-state index is 12.3. The van der Waals surface area contributed by atoms with Gasteiger partial charge in [0, 0.05) is 5.57 Å². The summed E-state index contributed by atoms with van der Waals surface area (Å²) in [5.74, 6) is 0.343. The molecule has 0 aromatic rings. The average molecular weight is 292 g/mol. The second kappa shape index (κ2) is 4.85. The number of hydrogen-bond donors (Lipinski definition) is 1. The van der Waals surface area contributed by atoms with E-state index in [0.717, 1.165) is 38.5 Å². The quantitative estimate of drug-likeness (QED) is 0.638. The molecule has 0 radical (unpaired) electrons. The number of aliphatic carboxylic acids is 1. The Kier molecular flexibility index (Phi) is 3.38. The molecule has 4 fully saturated rings. The molecule has 0 heterocycles. The van der Waals surface area contributed by atoms with Gasteiger partial charge < -0.3 is 9.84 Å². The summed E-state index contributed by atoms with van der Waals surface area (Å²) in [4.78, 5) is 23.3. The maximum atomic E-state index is 12.3. The first kappa shape index (κ1) is 14.6. The van der Waals surface area contributed by atoms with Gasteiger partial charge in [-0.1, -0.05) is 6.08 Å². The molecular formula is C17H24O4. The molecule has 2 unspecified atom stereocenters. The standard InChI is InChI=1S/C17H24O4/c1-11(14(18)19)3-4-16-6-12-5-13(7-16)9-17(8-12,10-16)15(20)21-2/h3,12-13H,4-10H2,1-2H3,(H,18,19). The lowest BCUT2D eigenvalue weighted by molar-refractivity contribution is -0.177. The van der Waals surface area contributed by atoms with Gasteiger partial charge in [-0.2, -0.15) is 0 Å². The van der Waals surface area contributed by atoms with Crippen molar-refractivity contribution in [3.8, 4) is 0 Å². The smallest absolute Gasteiger partial charge is 0.330 e. The second-order valence-corrected chi connectivity index (χ2v) is 7.63. The Morgan fingerprint density at radius 1 is 1.24 bits per heavy atom. The van der Waals surface area contributed by atoms with E-state index in [0.29, 0.717) is 17.4 Å². The molecule has 0 saturated heterocycles. The molecule has 0 amide bonds. The van der Waals surface area contributed by atoms with Crippen LogP contribution in [0.1, 0.15) is 51.9 Å². The van der Waals surface area contributed by atoms with Gasteiger partial charge in [0.05, 0.1) is 12.5 Å². The molecule has 116 valence electrons. The van der Waals surface area contributed by atoms with E-state index >= 15 is 0 Å². The van der Waals surface area contributed by atoms with Gasteiger partial charge in [-0.25, -0.2) is 4.79 Å². The first-order valence-corrected chi connectivity index (χ1v) is 7.87. The van der Waals surface area contributed by atoms with Gasteiger partial charge in [-0.15, -0.1) is 0 Å². The van der Waals surface area contributed by atoms with Crippen molar-refractivity contribution >= 4 is 11.9 Å². The predicted molar refractivity (Wildman–Crippen MR) is 77.6 cm³/mol. The topological polar surface area (TPSA) is 63.6 Å². The zero-order valence-corrected chi connectivity index (χ0v) is 12.9. The van der Waals surface area contributed by atoms with Crippen LogP contribution in [0.4, 0.5) is 0 Å². The molecule has 2 atom stereocenters. The lowest BCUT2D eigenvalue weighted by atomic mass is 9.43. The van der Waals surface area contributed by atoms with Crippen molar-refractivity contribution in [2.24, 2.45) is 22.7 Å². The Bertz CT molecular complexity index is 491. The number of ether oxygens (including phenoxy) is 1. The van der Waals surface area contributed by atoms with Crippen molar-refractivity contribution in [1.29, 1.82) is 0 Å². The number of rotatable bonds is 4.